The summed E-state index contributed by atoms with van der Waals surface area (Å²) in [5, 5.41) is 4.08. The Balaban J connectivity index is 2.12. The average molecular weight is 280 g/mol. The van der Waals surface area contributed by atoms with Crippen molar-refractivity contribution in [3.8, 4) is 11.3 Å². The number of rotatable bonds is 4. The summed E-state index contributed by atoms with van der Waals surface area (Å²) in [6, 6.07) is 5.66. The van der Waals surface area contributed by atoms with Crippen LogP contribution in [0.1, 0.15) is 5.56 Å². The molecule has 6 nitrogen and oxygen atoms in total. The molecular formula is C12H14N3O3S+. The smallest absolute Gasteiger partial charge is 0.271 e. The van der Waals surface area contributed by atoms with Crippen LogP contribution in [0, 0.1) is 6.92 Å². The Labute approximate surface area is 111 Å². The van der Waals surface area contributed by atoms with Crippen molar-refractivity contribution < 1.29 is 17.7 Å². The number of aryl methyl sites for hydroxylation is 2. The third kappa shape index (κ3) is 4.08. The lowest BCUT2D eigenvalue weighted by Gasteiger charge is -1.99. The average Bonchev–Trinajstić information content (AvgIpc) is 2.37. The standard InChI is InChI=1S/C12H13N3O3S/c1-10-2-3-12(13-8-10)11-4-5-15(14-9-11)6-7-19(16,17)18/h2-5,8-9H,6-7H2,1H3/p+1. The van der Waals surface area contributed by atoms with E-state index in [4.69, 9.17) is 4.55 Å². The lowest BCUT2D eigenvalue weighted by molar-refractivity contribution is -0.750. The van der Waals surface area contributed by atoms with Crippen molar-refractivity contribution in [2.75, 3.05) is 5.75 Å². The highest BCUT2D eigenvalue weighted by Crippen LogP contribution is 2.13. The fourth-order valence-electron chi connectivity index (χ4n) is 1.52. The minimum Gasteiger partial charge on any atom is -0.285 e. The molecule has 0 saturated heterocycles. The molecule has 0 spiro atoms. The summed E-state index contributed by atoms with van der Waals surface area (Å²) in [6.07, 6.45) is 5.04. The van der Waals surface area contributed by atoms with E-state index in [0.29, 0.717) is 0 Å². The SMILES string of the molecule is Cc1ccc(-c2cc[n+](CCS(=O)(=O)O)nc2)nc1. The van der Waals surface area contributed by atoms with Gasteiger partial charge in [-0.3, -0.25) is 9.54 Å². The molecular weight excluding hydrogens is 266 g/mol. The molecule has 0 amide bonds. The molecule has 0 unspecified atom stereocenters. The Morgan fingerprint density at radius 2 is 2.05 bits per heavy atom. The molecule has 0 radical (unpaired) electrons. The van der Waals surface area contributed by atoms with Gasteiger partial charge in [-0.25, -0.2) is 0 Å². The fourth-order valence-corrected chi connectivity index (χ4v) is 1.93. The lowest BCUT2D eigenvalue weighted by Crippen LogP contribution is -2.40. The number of hydrogen-bond acceptors (Lipinski definition) is 4. The van der Waals surface area contributed by atoms with Gasteiger partial charge < -0.3 is 0 Å². The molecule has 0 bridgehead atoms. The molecule has 2 heterocycles. The topological polar surface area (TPSA) is 84.0 Å². The highest BCUT2D eigenvalue weighted by Gasteiger charge is 2.11. The summed E-state index contributed by atoms with van der Waals surface area (Å²) in [5.74, 6) is -0.354. The highest BCUT2D eigenvalue weighted by atomic mass is 32.2. The molecule has 0 saturated carbocycles. The van der Waals surface area contributed by atoms with Gasteiger partial charge in [0.1, 0.15) is 11.9 Å². The zero-order valence-electron chi connectivity index (χ0n) is 10.4. The van der Waals surface area contributed by atoms with E-state index < -0.39 is 10.1 Å². The van der Waals surface area contributed by atoms with Gasteiger partial charge in [0.15, 0.2) is 12.7 Å². The van der Waals surface area contributed by atoms with E-state index in [-0.39, 0.29) is 12.3 Å². The fraction of sp³-hybridized carbons (Fsp3) is 0.250. The van der Waals surface area contributed by atoms with Gasteiger partial charge in [0.2, 0.25) is 0 Å². The Morgan fingerprint density at radius 1 is 1.26 bits per heavy atom. The second-order valence-corrected chi connectivity index (χ2v) is 5.76. The van der Waals surface area contributed by atoms with Gasteiger partial charge in [-0.15, -0.1) is 0 Å². The van der Waals surface area contributed by atoms with E-state index in [1.165, 1.54) is 4.68 Å². The molecule has 0 atom stereocenters. The molecule has 19 heavy (non-hydrogen) atoms. The van der Waals surface area contributed by atoms with Crippen LogP contribution in [0.15, 0.2) is 36.8 Å². The summed E-state index contributed by atoms with van der Waals surface area (Å²) in [4.78, 5) is 4.28. The number of hydrogen-bond donors (Lipinski definition) is 1. The van der Waals surface area contributed by atoms with Crippen molar-refractivity contribution in [1.29, 1.82) is 0 Å². The summed E-state index contributed by atoms with van der Waals surface area (Å²) in [7, 11) is -3.96. The summed E-state index contributed by atoms with van der Waals surface area (Å²) < 4.78 is 31.4. The van der Waals surface area contributed by atoms with E-state index in [9.17, 15) is 8.42 Å². The third-order valence-corrected chi connectivity index (χ3v) is 3.26. The Hall–Kier alpha value is -1.86. The van der Waals surface area contributed by atoms with Gasteiger partial charge in [-0.05, 0) is 23.7 Å². The van der Waals surface area contributed by atoms with Gasteiger partial charge >= 0.3 is 0 Å². The van der Waals surface area contributed by atoms with Crippen LogP contribution in [-0.4, -0.2) is 28.8 Å². The number of pyridine rings is 1. The first kappa shape index (κ1) is 13.6. The van der Waals surface area contributed by atoms with E-state index in [1.807, 2.05) is 19.1 Å². The van der Waals surface area contributed by atoms with Gasteiger partial charge in [0.05, 0.1) is 5.69 Å². The van der Waals surface area contributed by atoms with Crippen LogP contribution < -0.4 is 4.68 Å². The molecule has 0 aliphatic carbocycles. The van der Waals surface area contributed by atoms with E-state index in [2.05, 4.69) is 10.1 Å². The van der Waals surface area contributed by atoms with Crippen molar-refractivity contribution in [3.63, 3.8) is 0 Å². The van der Waals surface area contributed by atoms with Crippen LogP contribution in [0.25, 0.3) is 11.3 Å². The lowest BCUT2D eigenvalue weighted by atomic mass is 10.2. The monoisotopic (exact) mass is 280 g/mol. The van der Waals surface area contributed by atoms with Crippen LogP contribution in [0.2, 0.25) is 0 Å². The molecule has 0 aliphatic heterocycles. The van der Waals surface area contributed by atoms with Gasteiger partial charge in [0, 0.05) is 17.8 Å². The van der Waals surface area contributed by atoms with Crippen molar-refractivity contribution in [2.24, 2.45) is 0 Å². The highest BCUT2D eigenvalue weighted by molar-refractivity contribution is 7.85. The van der Waals surface area contributed by atoms with Crippen molar-refractivity contribution in [1.82, 2.24) is 10.1 Å². The Kier molecular flexibility index (Phi) is 3.87. The van der Waals surface area contributed by atoms with Gasteiger partial charge in [0.25, 0.3) is 10.1 Å². The molecule has 2 aromatic heterocycles. The van der Waals surface area contributed by atoms with E-state index in [0.717, 1.165) is 16.8 Å². The largest absolute Gasteiger partial charge is 0.285 e. The molecule has 2 rings (SSSR count). The predicted molar refractivity (Wildman–Crippen MR) is 68.8 cm³/mol. The molecule has 0 aliphatic rings. The van der Waals surface area contributed by atoms with Crippen LogP contribution in [0.4, 0.5) is 0 Å². The zero-order valence-corrected chi connectivity index (χ0v) is 11.2. The maximum atomic E-state index is 10.6. The first-order valence-corrected chi connectivity index (χ1v) is 7.29. The molecule has 100 valence electrons. The van der Waals surface area contributed by atoms with E-state index in [1.54, 1.807) is 24.7 Å². The minimum absolute atomic E-state index is 0.112. The summed E-state index contributed by atoms with van der Waals surface area (Å²) in [6.45, 7) is 2.07. The summed E-state index contributed by atoms with van der Waals surface area (Å²) >= 11 is 0. The molecule has 0 fully saturated rings. The molecule has 2 aromatic rings. The summed E-state index contributed by atoms with van der Waals surface area (Å²) in [5.41, 5.74) is 2.74. The second kappa shape index (κ2) is 5.41. The van der Waals surface area contributed by atoms with Gasteiger partial charge in [-0.1, -0.05) is 10.7 Å². The maximum absolute atomic E-state index is 10.6. The van der Waals surface area contributed by atoms with Crippen LogP contribution in [-0.2, 0) is 16.7 Å². The molecule has 1 N–H and O–H groups in total. The van der Waals surface area contributed by atoms with Crippen molar-refractivity contribution in [3.05, 3.63) is 42.4 Å². The molecule has 0 aromatic carbocycles. The van der Waals surface area contributed by atoms with Crippen LogP contribution >= 0.6 is 0 Å². The van der Waals surface area contributed by atoms with Gasteiger partial charge in [-0.2, -0.15) is 8.42 Å². The van der Waals surface area contributed by atoms with Crippen molar-refractivity contribution >= 4 is 10.1 Å². The quantitative estimate of drug-likeness (QED) is 0.656. The number of aromatic nitrogens is 3. The molecule has 7 heteroatoms. The Morgan fingerprint density at radius 3 is 2.58 bits per heavy atom. The minimum atomic E-state index is -3.96. The van der Waals surface area contributed by atoms with E-state index >= 15 is 0 Å². The number of nitrogens with zero attached hydrogens (tertiary/aromatic N) is 3. The van der Waals surface area contributed by atoms with Crippen molar-refractivity contribution in [2.45, 2.75) is 13.5 Å². The second-order valence-electron chi connectivity index (χ2n) is 4.19. The van der Waals surface area contributed by atoms with Crippen LogP contribution in [0.5, 0.6) is 0 Å². The zero-order chi connectivity index (χ0) is 13.9. The van der Waals surface area contributed by atoms with Crippen LogP contribution in [0.3, 0.4) is 0 Å². The normalized spacial score (nSPS) is 11.5. The Bertz CT molecular complexity index is 652. The third-order valence-electron chi connectivity index (χ3n) is 2.56. The maximum Gasteiger partial charge on any atom is 0.271 e. The predicted octanol–water partition coefficient (Wildman–Crippen LogP) is 0.627. The first-order chi connectivity index (χ1) is 8.94. The first-order valence-electron chi connectivity index (χ1n) is 5.68.